The summed E-state index contributed by atoms with van der Waals surface area (Å²) in [5.74, 6) is 0. The van der Waals surface area contributed by atoms with Crippen LogP contribution in [0.5, 0.6) is 0 Å². The monoisotopic (exact) mass is 251 g/mol. The summed E-state index contributed by atoms with van der Waals surface area (Å²) in [5, 5.41) is 4.34. The minimum absolute atomic E-state index is 0.648. The maximum atomic E-state index is 6.11. The molecule has 4 heteroatoms. The number of pyridine rings is 1. The van der Waals surface area contributed by atoms with Crippen molar-refractivity contribution in [3.05, 3.63) is 29.0 Å². The molecule has 1 aromatic heterocycles. The average Bonchev–Trinajstić information content (AvgIpc) is 2.65. The molecule has 2 atom stereocenters. The van der Waals surface area contributed by atoms with Crippen LogP contribution < -0.4 is 5.32 Å². The summed E-state index contributed by atoms with van der Waals surface area (Å²) < 4.78 is 0. The topological polar surface area (TPSA) is 28.2 Å². The molecule has 0 spiro atoms. The van der Waals surface area contributed by atoms with Gasteiger partial charge in [-0.05, 0) is 25.3 Å². The van der Waals surface area contributed by atoms with Crippen molar-refractivity contribution < 1.29 is 0 Å². The van der Waals surface area contributed by atoms with E-state index >= 15 is 0 Å². The van der Waals surface area contributed by atoms with Crippen molar-refractivity contribution in [2.24, 2.45) is 0 Å². The molecule has 3 rings (SSSR count). The summed E-state index contributed by atoms with van der Waals surface area (Å²) >= 11 is 6.11. The molecular formula is C13H18ClN3. The number of hydrogen-bond acceptors (Lipinski definition) is 3. The Bertz CT molecular complexity index is 396. The Hall–Kier alpha value is -0.640. The third-order valence-corrected chi connectivity index (χ3v) is 4.18. The van der Waals surface area contributed by atoms with E-state index in [0.717, 1.165) is 24.7 Å². The van der Waals surface area contributed by atoms with E-state index in [9.17, 15) is 0 Å². The molecule has 2 saturated heterocycles. The predicted molar refractivity (Wildman–Crippen MR) is 69.1 cm³/mol. The first kappa shape index (κ1) is 11.5. The molecule has 3 nitrogen and oxygen atoms in total. The smallest absolute Gasteiger partial charge is 0.133 e. The number of fused-ring (bicyclic) bond motifs is 2. The van der Waals surface area contributed by atoms with Gasteiger partial charge in [-0.25, -0.2) is 4.98 Å². The number of nitrogens with zero attached hydrogens (tertiary/aromatic N) is 2. The van der Waals surface area contributed by atoms with E-state index in [1.807, 2.05) is 6.07 Å². The molecule has 2 unspecified atom stereocenters. The van der Waals surface area contributed by atoms with Crippen molar-refractivity contribution in [2.75, 3.05) is 13.1 Å². The largest absolute Gasteiger partial charge is 0.310 e. The third-order valence-electron chi connectivity index (χ3n) is 3.84. The molecule has 1 N–H and O–H groups in total. The average molecular weight is 252 g/mol. The lowest BCUT2D eigenvalue weighted by Crippen LogP contribution is -2.35. The normalized spacial score (nSPS) is 29.2. The van der Waals surface area contributed by atoms with Crippen molar-refractivity contribution in [2.45, 2.75) is 37.9 Å². The van der Waals surface area contributed by atoms with Crippen molar-refractivity contribution in [1.29, 1.82) is 0 Å². The van der Waals surface area contributed by atoms with Gasteiger partial charge in [-0.2, -0.15) is 0 Å². The van der Waals surface area contributed by atoms with Gasteiger partial charge in [-0.15, -0.1) is 0 Å². The van der Waals surface area contributed by atoms with Gasteiger partial charge in [-0.3, -0.25) is 4.90 Å². The summed E-state index contributed by atoms with van der Waals surface area (Å²) in [5.41, 5.74) is 1.15. The summed E-state index contributed by atoms with van der Waals surface area (Å²) in [6, 6.07) is 5.46. The molecule has 0 aromatic carbocycles. The number of rotatable bonds is 2. The molecule has 3 heterocycles. The molecule has 17 heavy (non-hydrogen) atoms. The van der Waals surface area contributed by atoms with E-state index in [1.54, 1.807) is 6.20 Å². The van der Waals surface area contributed by atoms with Crippen LogP contribution in [0.2, 0.25) is 5.15 Å². The van der Waals surface area contributed by atoms with Crippen LogP contribution in [-0.2, 0) is 6.54 Å². The van der Waals surface area contributed by atoms with Crippen molar-refractivity contribution in [1.82, 2.24) is 15.2 Å². The maximum absolute atomic E-state index is 6.11. The predicted octanol–water partition coefficient (Wildman–Crippen LogP) is 2.06. The number of hydrogen-bond donors (Lipinski definition) is 1. The first-order valence-electron chi connectivity index (χ1n) is 6.39. The Balaban J connectivity index is 1.67. The van der Waals surface area contributed by atoms with Crippen LogP contribution in [0.3, 0.4) is 0 Å². The number of halogens is 1. The quantitative estimate of drug-likeness (QED) is 0.816. The number of likely N-dealkylation sites (tertiary alicyclic amines) is 1. The van der Waals surface area contributed by atoms with Crippen molar-refractivity contribution >= 4 is 11.6 Å². The van der Waals surface area contributed by atoms with Gasteiger partial charge in [0.15, 0.2) is 0 Å². The van der Waals surface area contributed by atoms with E-state index in [0.29, 0.717) is 11.2 Å². The first-order chi connectivity index (χ1) is 8.31. The molecule has 0 radical (unpaired) electrons. The number of nitrogens with one attached hydrogen (secondary N) is 1. The molecule has 0 saturated carbocycles. The van der Waals surface area contributed by atoms with E-state index in [-0.39, 0.29) is 0 Å². The molecule has 2 bridgehead atoms. The van der Waals surface area contributed by atoms with E-state index in [1.165, 1.54) is 25.8 Å². The molecule has 2 fully saturated rings. The highest BCUT2D eigenvalue weighted by Gasteiger charge is 2.29. The molecule has 2 aliphatic heterocycles. The van der Waals surface area contributed by atoms with Crippen LogP contribution in [0.25, 0.3) is 0 Å². The fourth-order valence-electron chi connectivity index (χ4n) is 2.94. The third kappa shape index (κ3) is 2.62. The van der Waals surface area contributed by atoms with Gasteiger partial charge in [0.25, 0.3) is 0 Å². The molecular weight excluding hydrogens is 234 g/mol. The molecule has 92 valence electrons. The number of aromatic nitrogens is 1. The second-order valence-electron chi connectivity index (χ2n) is 5.11. The zero-order valence-corrected chi connectivity index (χ0v) is 10.7. The lowest BCUT2D eigenvalue weighted by atomic mass is 10.1. The Labute approximate surface area is 107 Å². The minimum atomic E-state index is 0.648. The molecule has 0 aliphatic carbocycles. The van der Waals surface area contributed by atoms with Crippen LogP contribution in [0.1, 0.15) is 24.8 Å². The molecule has 2 aliphatic rings. The fourth-order valence-corrected chi connectivity index (χ4v) is 3.12. The van der Waals surface area contributed by atoms with Gasteiger partial charge >= 0.3 is 0 Å². The standard InChI is InChI=1S/C13H18ClN3/c14-13-10(2-1-6-15-13)8-17-7-5-11-3-4-12(9-17)16-11/h1-2,6,11-12,16H,3-5,7-9H2. The lowest BCUT2D eigenvalue weighted by molar-refractivity contribution is 0.251. The first-order valence-corrected chi connectivity index (χ1v) is 6.77. The highest BCUT2D eigenvalue weighted by atomic mass is 35.5. The van der Waals surface area contributed by atoms with Crippen LogP contribution >= 0.6 is 11.6 Å². The van der Waals surface area contributed by atoms with Gasteiger partial charge in [-0.1, -0.05) is 17.7 Å². The fraction of sp³-hybridized carbons (Fsp3) is 0.615. The summed E-state index contributed by atoms with van der Waals surface area (Å²) in [7, 11) is 0. The highest BCUT2D eigenvalue weighted by molar-refractivity contribution is 6.30. The van der Waals surface area contributed by atoms with Crippen molar-refractivity contribution in [3.8, 4) is 0 Å². The Morgan fingerprint density at radius 2 is 2.24 bits per heavy atom. The van der Waals surface area contributed by atoms with Gasteiger partial charge in [0.1, 0.15) is 5.15 Å². The van der Waals surface area contributed by atoms with Gasteiger partial charge in [0.2, 0.25) is 0 Å². The SMILES string of the molecule is Clc1ncccc1CN1CCC2CCC(C1)N2. The summed E-state index contributed by atoms with van der Waals surface area (Å²) in [6.07, 6.45) is 5.68. The molecule has 0 amide bonds. The van der Waals surface area contributed by atoms with E-state index in [2.05, 4.69) is 21.3 Å². The second kappa shape index (κ2) is 4.92. The van der Waals surface area contributed by atoms with Crippen LogP contribution in [0.4, 0.5) is 0 Å². The van der Waals surface area contributed by atoms with Crippen molar-refractivity contribution in [3.63, 3.8) is 0 Å². The minimum Gasteiger partial charge on any atom is -0.310 e. The van der Waals surface area contributed by atoms with Gasteiger partial charge < -0.3 is 5.32 Å². The second-order valence-corrected chi connectivity index (χ2v) is 5.47. The molecule has 1 aromatic rings. The Morgan fingerprint density at radius 1 is 1.35 bits per heavy atom. The maximum Gasteiger partial charge on any atom is 0.133 e. The summed E-state index contributed by atoms with van der Waals surface area (Å²) in [4.78, 5) is 6.64. The zero-order valence-electron chi connectivity index (χ0n) is 9.90. The zero-order chi connectivity index (χ0) is 11.7. The Morgan fingerprint density at radius 3 is 3.12 bits per heavy atom. The summed E-state index contributed by atoms with van der Waals surface area (Å²) in [6.45, 7) is 3.23. The van der Waals surface area contributed by atoms with E-state index < -0.39 is 0 Å². The Kier molecular flexibility index (Phi) is 3.32. The van der Waals surface area contributed by atoms with Crippen LogP contribution in [-0.4, -0.2) is 35.1 Å². The van der Waals surface area contributed by atoms with Gasteiger partial charge in [0.05, 0.1) is 0 Å². The highest BCUT2D eigenvalue weighted by Crippen LogP contribution is 2.22. The van der Waals surface area contributed by atoms with Crippen LogP contribution in [0, 0.1) is 0 Å². The van der Waals surface area contributed by atoms with Crippen LogP contribution in [0.15, 0.2) is 18.3 Å². The lowest BCUT2D eigenvalue weighted by Gasteiger charge is -2.24. The van der Waals surface area contributed by atoms with Gasteiger partial charge in [0, 0.05) is 43.5 Å². The van der Waals surface area contributed by atoms with E-state index in [4.69, 9.17) is 11.6 Å².